The van der Waals surface area contributed by atoms with Gasteiger partial charge in [-0.3, -0.25) is 4.79 Å². The first-order chi connectivity index (χ1) is 11.5. The fourth-order valence-corrected chi connectivity index (χ4v) is 2.93. The van der Waals surface area contributed by atoms with Crippen molar-refractivity contribution in [3.63, 3.8) is 0 Å². The third-order valence-electron chi connectivity index (χ3n) is 4.69. The van der Waals surface area contributed by atoms with Gasteiger partial charge in [-0.05, 0) is 48.9 Å². The molecule has 0 spiro atoms. The summed E-state index contributed by atoms with van der Waals surface area (Å²) >= 11 is 0. The third-order valence-corrected chi connectivity index (χ3v) is 4.69. The van der Waals surface area contributed by atoms with Crippen molar-refractivity contribution in [2.75, 3.05) is 10.6 Å². The molecule has 2 N–H and O–H groups in total. The van der Waals surface area contributed by atoms with Crippen molar-refractivity contribution < 1.29 is 4.79 Å². The van der Waals surface area contributed by atoms with Crippen molar-refractivity contribution in [1.29, 1.82) is 0 Å². The molecule has 0 radical (unpaired) electrons. The van der Waals surface area contributed by atoms with Gasteiger partial charge in [-0.15, -0.1) is 0 Å². The van der Waals surface area contributed by atoms with Crippen molar-refractivity contribution in [1.82, 2.24) is 4.98 Å². The molecule has 4 heteroatoms. The SMILES string of the molecule is Cc1cccc(C(C)C)c1Nc1ccc(NC(=O)C2CCC2)cn1. The Morgan fingerprint density at radius 1 is 1.21 bits per heavy atom. The van der Waals surface area contributed by atoms with Gasteiger partial charge < -0.3 is 10.6 Å². The fourth-order valence-electron chi connectivity index (χ4n) is 2.93. The topological polar surface area (TPSA) is 54.0 Å². The highest BCUT2D eigenvalue weighted by Crippen LogP contribution is 2.30. The number of nitrogens with one attached hydrogen (secondary N) is 2. The third kappa shape index (κ3) is 3.58. The molecule has 1 aromatic heterocycles. The Hall–Kier alpha value is -2.36. The molecule has 1 fully saturated rings. The predicted molar refractivity (Wildman–Crippen MR) is 98.8 cm³/mol. The van der Waals surface area contributed by atoms with Gasteiger partial charge in [0.1, 0.15) is 5.82 Å². The molecule has 1 aliphatic rings. The van der Waals surface area contributed by atoms with Crippen molar-refractivity contribution >= 4 is 23.1 Å². The Labute approximate surface area is 143 Å². The summed E-state index contributed by atoms with van der Waals surface area (Å²) in [4.78, 5) is 16.4. The monoisotopic (exact) mass is 323 g/mol. The molecule has 0 aliphatic heterocycles. The summed E-state index contributed by atoms with van der Waals surface area (Å²) < 4.78 is 0. The summed E-state index contributed by atoms with van der Waals surface area (Å²) in [7, 11) is 0. The predicted octanol–water partition coefficient (Wildman–Crippen LogP) is 5.00. The molecule has 1 saturated carbocycles. The normalized spacial score (nSPS) is 14.3. The minimum Gasteiger partial charge on any atom is -0.340 e. The number of rotatable bonds is 5. The molecular weight excluding hydrogens is 298 g/mol. The Kier molecular flexibility index (Phi) is 4.84. The number of nitrogens with zero attached hydrogens (tertiary/aromatic N) is 1. The lowest BCUT2D eigenvalue weighted by Crippen LogP contribution is -2.28. The molecule has 1 aromatic carbocycles. The van der Waals surface area contributed by atoms with Crippen molar-refractivity contribution in [3.8, 4) is 0 Å². The molecule has 2 aromatic rings. The summed E-state index contributed by atoms with van der Waals surface area (Å²) in [6, 6.07) is 10.1. The van der Waals surface area contributed by atoms with Gasteiger partial charge >= 0.3 is 0 Å². The molecule has 0 unspecified atom stereocenters. The van der Waals surface area contributed by atoms with Crippen LogP contribution in [0.3, 0.4) is 0 Å². The maximum Gasteiger partial charge on any atom is 0.227 e. The lowest BCUT2D eigenvalue weighted by molar-refractivity contribution is -0.122. The minimum absolute atomic E-state index is 0.116. The van der Waals surface area contributed by atoms with Gasteiger partial charge in [0.25, 0.3) is 0 Å². The van der Waals surface area contributed by atoms with Crippen molar-refractivity contribution in [3.05, 3.63) is 47.7 Å². The lowest BCUT2D eigenvalue weighted by Gasteiger charge is -2.24. The van der Waals surface area contributed by atoms with Crippen LogP contribution in [0.2, 0.25) is 0 Å². The Morgan fingerprint density at radius 2 is 2.00 bits per heavy atom. The van der Waals surface area contributed by atoms with E-state index in [9.17, 15) is 4.79 Å². The van der Waals surface area contributed by atoms with Crippen LogP contribution in [0.25, 0.3) is 0 Å². The zero-order valence-corrected chi connectivity index (χ0v) is 14.6. The first kappa shape index (κ1) is 16.5. The van der Waals surface area contributed by atoms with Gasteiger partial charge in [-0.25, -0.2) is 4.98 Å². The average molecular weight is 323 g/mol. The quantitative estimate of drug-likeness (QED) is 0.814. The molecule has 126 valence electrons. The number of carbonyl (C=O) groups is 1. The van der Waals surface area contributed by atoms with Crippen molar-refractivity contribution in [2.24, 2.45) is 5.92 Å². The number of hydrogen-bond acceptors (Lipinski definition) is 3. The number of para-hydroxylation sites is 1. The van der Waals surface area contributed by atoms with Gasteiger partial charge in [-0.2, -0.15) is 0 Å². The summed E-state index contributed by atoms with van der Waals surface area (Å²) in [5.74, 6) is 1.52. The molecule has 1 aliphatic carbocycles. The van der Waals surface area contributed by atoms with E-state index >= 15 is 0 Å². The van der Waals surface area contributed by atoms with Gasteiger partial charge in [0.2, 0.25) is 5.91 Å². The van der Waals surface area contributed by atoms with E-state index in [1.54, 1.807) is 6.20 Å². The fraction of sp³-hybridized carbons (Fsp3) is 0.400. The van der Waals surface area contributed by atoms with E-state index < -0.39 is 0 Å². The van der Waals surface area contributed by atoms with Crippen LogP contribution in [0.15, 0.2) is 36.5 Å². The summed E-state index contributed by atoms with van der Waals surface area (Å²) in [6.45, 7) is 6.47. The highest BCUT2D eigenvalue weighted by Gasteiger charge is 2.25. The number of benzene rings is 1. The number of aryl methyl sites for hydroxylation is 1. The van der Waals surface area contributed by atoms with E-state index in [0.29, 0.717) is 5.92 Å². The van der Waals surface area contributed by atoms with Crippen LogP contribution in [0.1, 0.15) is 50.2 Å². The summed E-state index contributed by atoms with van der Waals surface area (Å²) in [6.07, 6.45) is 4.88. The average Bonchev–Trinajstić information content (AvgIpc) is 2.49. The van der Waals surface area contributed by atoms with E-state index in [-0.39, 0.29) is 11.8 Å². The van der Waals surface area contributed by atoms with E-state index in [2.05, 4.69) is 54.6 Å². The molecule has 3 rings (SSSR count). The largest absolute Gasteiger partial charge is 0.340 e. The van der Waals surface area contributed by atoms with Crippen LogP contribution < -0.4 is 10.6 Å². The summed E-state index contributed by atoms with van der Waals surface area (Å²) in [5, 5.41) is 6.37. The van der Waals surface area contributed by atoms with Crippen LogP contribution in [0.5, 0.6) is 0 Å². The number of hydrogen-bond donors (Lipinski definition) is 2. The number of aromatic nitrogens is 1. The minimum atomic E-state index is 0.116. The standard InChI is InChI=1S/C20H25N3O/c1-13(2)17-9-4-6-14(3)19(17)23-18-11-10-16(12-21-18)22-20(24)15-7-5-8-15/h4,6,9-13,15H,5,7-8H2,1-3H3,(H,21,23)(H,22,24). The van der Waals surface area contributed by atoms with E-state index in [1.165, 1.54) is 11.1 Å². The molecule has 0 atom stereocenters. The second-order valence-electron chi connectivity index (χ2n) is 6.87. The van der Waals surface area contributed by atoms with Gasteiger partial charge in [0.15, 0.2) is 0 Å². The maximum atomic E-state index is 12.0. The van der Waals surface area contributed by atoms with Crippen molar-refractivity contribution in [2.45, 2.75) is 46.0 Å². The lowest BCUT2D eigenvalue weighted by atomic mass is 9.85. The molecule has 0 bridgehead atoms. The number of anilines is 3. The summed E-state index contributed by atoms with van der Waals surface area (Å²) in [5.41, 5.74) is 4.35. The van der Waals surface area contributed by atoms with Gasteiger partial charge in [-0.1, -0.05) is 38.5 Å². The molecule has 4 nitrogen and oxygen atoms in total. The molecular formula is C20H25N3O. The zero-order valence-electron chi connectivity index (χ0n) is 14.6. The second-order valence-corrected chi connectivity index (χ2v) is 6.87. The van der Waals surface area contributed by atoms with Gasteiger partial charge in [0.05, 0.1) is 11.9 Å². The van der Waals surface area contributed by atoms with E-state index in [0.717, 1.165) is 36.5 Å². The Bertz CT molecular complexity index is 718. The van der Waals surface area contributed by atoms with Crippen LogP contribution >= 0.6 is 0 Å². The molecule has 1 amide bonds. The first-order valence-electron chi connectivity index (χ1n) is 8.68. The first-order valence-corrected chi connectivity index (χ1v) is 8.68. The second kappa shape index (κ2) is 7.04. The molecule has 0 saturated heterocycles. The molecule has 1 heterocycles. The smallest absolute Gasteiger partial charge is 0.227 e. The maximum absolute atomic E-state index is 12.0. The van der Waals surface area contributed by atoms with E-state index in [4.69, 9.17) is 0 Å². The highest BCUT2D eigenvalue weighted by molar-refractivity contribution is 5.92. The molecule has 24 heavy (non-hydrogen) atoms. The van der Waals surface area contributed by atoms with Crippen LogP contribution in [-0.4, -0.2) is 10.9 Å². The number of amides is 1. The number of carbonyl (C=O) groups excluding carboxylic acids is 1. The zero-order chi connectivity index (χ0) is 17.1. The van der Waals surface area contributed by atoms with Crippen LogP contribution in [-0.2, 0) is 4.79 Å². The Balaban J connectivity index is 1.71. The highest BCUT2D eigenvalue weighted by atomic mass is 16.1. The van der Waals surface area contributed by atoms with Crippen LogP contribution in [0, 0.1) is 12.8 Å². The Morgan fingerprint density at radius 3 is 2.58 bits per heavy atom. The number of pyridine rings is 1. The van der Waals surface area contributed by atoms with Crippen LogP contribution in [0.4, 0.5) is 17.2 Å². The van der Waals surface area contributed by atoms with E-state index in [1.807, 2.05) is 12.1 Å². The van der Waals surface area contributed by atoms with Gasteiger partial charge in [0, 0.05) is 11.6 Å².